The average molecular weight is 339 g/mol. The van der Waals surface area contributed by atoms with Crippen molar-refractivity contribution in [2.45, 2.75) is 6.42 Å². The maximum Gasteiger partial charge on any atom is 0.173 e. The number of rotatable bonds is 5. The number of methoxy groups -OCH3 is 1. The Kier molecular flexibility index (Phi) is 4.51. The zero-order valence-electron chi connectivity index (χ0n) is 11.0. The second-order valence-corrected chi connectivity index (χ2v) is 7.97. The summed E-state index contributed by atoms with van der Waals surface area (Å²) in [5, 5.41) is 0.960. The van der Waals surface area contributed by atoms with E-state index in [0.29, 0.717) is 0 Å². The standard InChI is InChI=1S/C15H14OS4/c1-16-15-7-6-14(20-15)13-5-4-12(19-13)11-3-2-10(18-11)8-9-17/h2-7,17H,8-9H2,1H3. The molecule has 1 nitrogen and oxygen atoms in total. The summed E-state index contributed by atoms with van der Waals surface area (Å²) in [6, 6.07) is 13.0. The molecule has 0 saturated heterocycles. The zero-order valence-corrected chi connectivity index (χ0v) is 14.3. The van der Waals surface area contributed by atoms with Crippen molar-refractivity contribution in [2.75, 3.05) is 12.9 Å². The molecule has 0 aromatic carbocycles. The molecule has 0 spiro atoms. The fourth-order valence-electron chi connectivity index (χ4n) is 1.92. The normalized spacial score (nSPS) is 10.9. The molecule has 3 aromatic heterocycles. The van der Waals surface area contributed by atoms with E-state index in [9.17, 15) is 0 Å². The van der Waals surface area contributed by atoms with Gasteiger partial charge in [0.1, 0.15) is 0 Å². The maximum absolute atomic E-state index is 5.26. The quantitative estimate of drug-likeness (QED) is 0.588. The first-order valence-corrected chi connectivity index (χ1v) is 9.32. The summed E-state index contributed by atoms with van der Waals surface area (Å²) < 4.78 is 5.26. The largest absolute Gasteiger partial charge is 0.487 e. The predicted molar refractivity (Wildman–Crippen MR) is 95.1 cm³/mol. The smallest absolute Gasteiger partial charge is 0.173 e. The third-order valence-corrected chi connectivity index (χ3v) is 6.79. The number of hydrogen-bond acceptors (Lipinski definition) is 5. The van der Waals surface area contributed by atoms with E-state index >= 15 is 0 Å². The van der Waals surface area contributed by atoms with Crippen LogP contribution in [0.5, 0.6) is 5.06 Å². The third kappa shape index (κ3) is 2.96. The van der Waals surface area contributed by atoms with E-state index in [0.717, 1.165) is 17.2 Å². The Hall–Kier alpha value is -0.750. The highest BCUT2D eigenvalue weighted by atomic mass is 32.1. The van der Waals surface area contributed by atoms with Gasteiger partial charge in [0.2, 0.25) is 0 Å². The molecular weight excluding hydrogens is 324 g/mol. The Morgan fingerprint density at radius 1 is 0.850 bits per heavy atom. The fraction of sp³-hybridized carbons (Fsp3) is 0.200. The van der Waals surface area contributed by atoms with Gasteiger partial charge in [-0.2, -0.15) is 12.6 Å². The lowest BCUT2D eigenvalue weighted by Gasteiger charge is -1.92. The summed E-state index contributed by atoms with van der Waals surface area (Å²) in [6.45, 7) is 0. The second kappa shape index (κ2) is 6.35. The molecule has 20 heavy (non-hydrogen) atoms. The monoisotopic (exact) mass is 338 g/mol. The molecule has 0 bridgehead atoms. The van der Waals surface area contributed by atoms with Crippen molar-refractivity contribution in [3.05, 3.63) is 41.3 Å². The van der Waals surface area contributed by atoms with Crippen LogP contribution in [0.3, 0.4) is 0 Å². The minimum Gasteiger partial charge on any atom is -0.487 e. The van der Waals surface area contributed by atoms with Crippen LogP contribution < -0.4 is 4.74 Å². The summed E-state index contributed by atoms with van der Waals surface area (Å²) >= 11 is 9.69. The average Bonchev–Trinajstić information content (AvgIpc) is 3.18. The highest BCUT2D eigenvalue weighted by Crippen LogP contribution is 2.41. The molecular formula is C15H14OS4. The van der Waals surface area contributed by atoms with Crippen molar-refractivity contribution in [2.24, 2.45) is 0 Å². The first-order valence-electron chi connectivity index (χ1n) is 6.24. The van der Waals surface area contributed by atoms with E-state index in [1.54, 1.807) is 18.4 Å². The van der Waals surface area contributed by atoms with E-state index in [2.05, 4.69) is 43.0 Å². The molecule has 0 saturated carbocycles. The van der Waals surface area contributed by atoms with Crippen LogP contribution in [-0.2, 0) is 6.42 Å². The molecule has 0 atom stereocenters. The van der Waals surface area contributed by atoms with Gasteiger partial charge in [-0.15, -0.1) is 22.7 Å². The van der Waals surface area contributed by atoms with Crippen molar-refractivity contribution in [1.82, 2.24) is 0 Å². The Labute approximate surface area is 136 Å². The van der Waals surface area contributed by atoms with Gasteiger partial charge in [-0.25, -0.2) is 0 Å². The van der Waals surface area contributed by atoms with E-state index in [4.69, 9.17) is 4.74 Å². The zero-order chi connectivity index (χ0) is 13.9. The van der Waals surface area contributed by atoms with E-state index in [1.165, 1.54) is 24.4 Å². The van der Waals surface area contributed by atoms with Crippen molar-refractivity contribution in [3.63, 3.8) is 0 Å². The van der Waals surface area contributed by atoms with Crippen LogP contribution in [0.1, 0.15) is 4.88 Å². The number of hydrogen-bond donors (Lipinski definition) is 1. The Balaban J connectivity index is 1.85. The number of ether oxygens (including phenoxy) is 1. The third-order valence-electron chi connectivity index (χ3n) is 2.89. The molecule has 0 amide bonds. The molecule has 104 valence electrons. The van der Waals surface area contributed by atoms with Crippen molar-refractivity contribution < 1.29 is 4.74 Å². The van der Waals surface area contributed by atoms with Crippen molar-refractivity contribution >= 4 is 46.6 Å². The van der Waals surface area contributed by atoms with Gasteiger partial charge in [0, 0.05) is 24.4 Å². The number of thiol groups is 1. The lowest BCUT2D eigenvalue weighted by atomic mass is 10.3. The van der Waals surface area contributed by atoms with Crippen LogP contribution in [-0.4, -0.2) is 12.9 Å². The van der Waals surface area contributed by atoms with Crippen LogP contribution in [0.15, 0.2) is 36.4 Å². The Morgan fingerprint density at radius 2 is 1.45 bits per heavy atom. The van der Waals surface area contributed by atoms with Crippen LogP contribution in [0.2, 0.25) is 0 Å². The molecule has 0 radical (unpaired) electrons. The van der Waals surface area contributed by atoms with Gasteiger partial charge in [-0.1, -0.05) is 11.3 Å². The second-order valence-electron chi connectivity index (χ2n) is 4.23. The molecule has 3 rings (SSSR count). The summed E-state index contributed by atoms with van der Waals surface area (Å²) in [4.78, 5) is 6.66. The number of aryl methyl sites for hydroxylation is 1. The Morgan fingerprint density at radius 3 is 2.10 bits per heavy atom. The lowest BCUT2D eigenvalue weighted by Crippen LogP contribution is -1.77. The Bertz CT molecular complexity index is 692. The van der Waals surface area contributed by atoms with Gasteiger partial charge in [-0.05, 0) is 48.6 Å². The molecule has 0 N–H and O–H groups in total. The fourth-order valence-corrected chi connectivity index (χ4v) is 5.33. The van der Waals surface area contributed by atoms with Crippen molar-refractivity contribution in [1.29, 1.82) is 0 Å². The van der Waals surface area contributed by atoms with Gasteiger partial charge in [-0.3, -0.25) is 0 Å². The molecule has 0 aliphatic rings. The van der Waals surface area contributed by atoms with Gasteiger partial charge >= 0.3 is 0 Å². The highest BCUT2D eigenvalue weighted by molar-refractivity contribution is 7.80. The van der Waals surface area contributed by atoms with E-state index in [-0.39, 0.29) is 0 Å². The molecule has 0 aliphatic carbocycles. The topological polar surface area (TPSA) is 9.23 Å². The van der Waals surface area contributed by atoms with Crippen LogP contribution >= 0.6 is 46.6 Å². The summed E-state index contributed by atoms with van der Waals surface area (Å²) in [7, 11) is 1.71. The molecule has 3 aromatic rings. The van der Waals surface area contributed by atoms with Crippen LogP contribution in [0.4, 0.5) is 0 Å². The summed E-state index contributed by atoms with van der Waals surface area (Å²) in [5.74, 6) is 0.907. The predicted octanol–water partition coefficient (Wildman–Crippen LogP) is 5.69. The molecule has 0 aliphatic heterocycles. The van der Waals surface area contributed by atoms with Crippen LogP contribution in [0, 0.1) is 0 Å². The highest BCUT2D eigenvalue weighted by Gasteiger charge is 2.09. The molecule has 3 heterocycles. The first kappa shape index (κ1) is 14.2. The van der Waals surface area contributed by atoms with Gasteiger partial charge in [0.15, 0.2) is 5.06 Å². The van der Waals surface area contributed by atoms with E-state index in [1.807, 2.05) is 28.7 Å². The van der Waals surface area contributed by atoms with E-state index < -0.39 is 0 Å². The summed E-state index contributed by atoms with van der Waals surface area (Å²) in [5.41, 5.74) is 0. The molecule has 0 unspecified atom stereocenters. The molecule has 5 heteroatoms. The lowest BCUT2D eigenvalue weighted by molar-refractivity contribution is 0.427. The van der Waals surface area contributed by atoms with Gasteiger partial charge in [0.05, 0.1) is 7.11 Å². The maximum atomic E-state index is 5.26. The van der Waals surface area contributed by atoms with Gasteiger partial charge in [0.25, 0.3) is 0 Å². The SMILES string of the molecule is COc1ccc(-c2ccc(-c3ccc(CCS)s3)s2)s1. The van der Waals surface area contributed by atoms with Crippen molar-refractivity contribution in [3.8, 4) is 24.6 Å². The van der Waals surface area contributed by atoms with Gasteiger partial charge < -0.3 is 4.74 Å². The number of thiophene rings is 3. The molecule has 0 fully saturated rings. The first-order chi connectivity index (χ1) is 9.80. The summed E-state index contributed by atoms with van der Waals surface area (Å²) in [6.07, 6.45) is 1.05. The van der Waals surface area contributed by atoms with Crippen LogP contribution in [0.25, 0.3) is 19.5 Å². The minimum atomic E-state index is 0.907. The minimum absolute atomic E-state index is 0.907.